The molecule has 4 heterocycles. The van der Waals surface area contributed by atoms with Crippen LogP contribution in [0.3, 0.4) is 0 Å². The Bertz CT molecular complexity index is 1130. The monoisotopic (exact) mass is 383 g/mol. The van der Waals surface area contributed by atoms with E-state index in [2.05, 4.69) is 20.5 Å². The first-order chi connectivity index (χ1) is 13.0. The Morgan fingerprint density at radius 3 is 2.96 bits per heavy atom. The topological polar surface area (TPSA) is 123 Å². The predicted molar refractivity (Wildman–Crippen MR) is 103 cm³/mol. The maximum Gasteiger partial charge on any atom is 0.260 e. The van der Waals surface area contributed by atoms with Crippen LogP contribution >= 0.6 is 11.3 Å². The molecule has 0 spiro atoms. The minimum absolute atomic E-state index is 0.0253. The molecule has 4 aromatic rings. The molecule has 0 aliphatic rings. The second kappa shape index (κ2) is 6.82. The SMILES string of the molecule is Cc1ncc(N)cc1NC(=O)c1cnn2cc(-c3cnn(CCO)c3)sc12. The van der Waals surface area contributed by atoms with Gasteiger partial charge in [-0.3, -0.25) is 14.5 Å². The van der Waals surface area contributed by atoms with Gasteiger partial charge in [0.25, 0.3) is 5.91 Å². The second-order valence-corrected chi connectivity index (χ2v) is 7.01. The normalized spacial score (nSPS) is 11.2. The number of amides is 1. The molecular weight excluding hydrogens is 366 g/mol. The molecule has 4 rings (SSSR count). The average Bonchev–Trinajstić information content (AvgIpc) is 3.33. The molecule has 0 radical (unpaired) electrons. The molecule has 27 heavy (non-hydrogen) atoms. The zero-order chi connectivity index (χ0) is 19.0. The third-order valence-electron chi connectivity index (χ3n) is 4.04. The van der Waals surface area contributed by atoms with E-state index in [1.54, 1.807) is 34.6 Å². The van der Waals surface area contributed by atoms with E-state index in [1.807, 2.05) is 12.4 Å². The third-order valence-corrected chi connectivity index (χ3v) is 5.20. The van der Waals surface area contributed by atoms with E-state index >= 15 is 0 Å². The van der Waals surface area contributed by atoms with E-state index < -0.39 is 0 Å². The van der Waals surface area contributed by atoms with Gasteiger partial charge in [0, 0.05) is 18.0 Å². The summed E-state index contributed by atoms with van der Waals surface area (Å²) in [7, 11) is 0. The van der Waals surface area contributed by atoms with Gasteiger partial charge in [0.1, 0.15) is 4.83 Å². The smallest absolute Gasteiger partial charge is 0.260 e. The third kappa shape index (κ3) is 3.27. The standard InChI is InChI=1S/C17H17N7O2S/c1-10-14(4-12(18)6-19-10)22-16(26)13-7-21-24-9-15(27-17(13)24)11-5-20-23(8-11)2-3-25/h4-9,25H,2-3,18H2,1H3,(H,22,26). The molecule has 0 unspecified atom stereocenters. The predicted octanol–water partition coefficient (Wildman–Crippen LogP) is 1.79. The molecule has 9 nitrogen and oxygen atoms in total. The first kappa shape index (κ1) is 17.2. The van der Waals surface area contributed by atoms with E-state index in [0.717, 1.165) is 15.3 Å². The molecular formula is C17H17N7O2S. The molecule has 138 valence electrons. The first-order valence-corrected chi connectivity index (χ1v) is 9.01. The number of hydrogen-bond acceptors (Lipinski definition) is 7. The fraction of sp³-hybridized carbons (Fsp3) is 0.176. The number of nitrogens with zero attached hydrogens (tertiary/aromatic N) is 5. The summed E-state index contributed by atoms with van der Waals surface area (Å²) in [5, 5.41) is 20.3. The first-order valence-electron chi connectivity index (χ1n) is 8.19. The van der Waals surface area contributed by atoms with Gasteiger partial charge in [0.05, 0.1) is 59.3 Å². The minimum atomic E-state index is -0.273. The lowest BCUT2D eigenvalue weighted by atomic mass is 10.2. The Morgan fingerprint density at radius 2 is 2.15 bits per heavy atom. The molecule has 0 saturated heterocycles. The summed E-state index contributed by atoms with van der Waals surface area (Å²) in [6, 6.07) is 1.68. The van der Waals surface area contributed by atoms with Gasteiger partial charge >= 0.3 is 0 Å². The van der Waals surface area contributed by atoms with Gasteiger partial charge in [-0.15, -0.1) is 11.3 Å². The number of anilines is 2. The van der Waals surface area contributed by atoms with Gasteiger partial charge in [-0.2, -0.15) is 10.2 Å². The molecule has 10 heteroatoms. The number of aliphatic hydroxyl groups is 1. The molecule has 4 N–H and O–H groups in total. The number of nitrogens with two attached hydrogens (primary N) is 1. The molecule has 0 fully saturated rings. The van der Waals surface area contributed by atoms with Crippen molar-refractivity contribution < 1.29 is 9.90 Å². The van der Waals surface area contributed by atoms with Crippen LogP contribution in [-0.2, 0) is 6.54 Å². The molecule has 0 aliphatic carbocycles. The Hall–Kier alpha value is -3.24. The Labute approximate surface area is 158 Å². The van der Waals surface area contributed by atoms with Crippen LogP contribution in [0.2, 0.25) is 0 Å². The van der Waals surface area contributed by atoms with Crippen LogP contribution in [0.5, 0.6) is 0 Å². The van der Waals surface area contributed by atoms with Crippen LogP contribution in [0.1, 0.15) is 16.1 Å². The highest BCUT2D eigenvalue weighted by Crippen LogP contribution is 2.30. The highest BCUT2D eigenvalue weighted by Gasteiger charge is 2.18. The summed E-state index contributed by atoms with van der Waals surface area (Å²) < 4.78 is 3.34. The van der Waals surface area contributed by atoms with Gasteiger partial charge in [-0.05, 0) is 13.0 Å². The minimum Gasteiger partial charge on any atom is -0.397 e. The number of aliphatic hydroxyl groups excluding tert-OH is 1. The number of pyridine rings is 1. The number of hydrogen-bond donors (Lipinski definition) is 3. The fourth-order valence-electron chi connectivity index (χ4n) is 2.66. The van der Waals surface area contributed by atoms with Crippen LogP contribution in [0, 0.1) is 6.92 Å². The summed E-state index contributed by atoms with van der Waals surface area (Å²) >= 11 is 1.44. The van der Waals surface area contributed by atoms with Crippen molar-refractivity contribution in [3.05, 3.63) is 48.3 Å². The summed E-state index contributed by atoms with van der Waals surface area (Å²) in [4.78, 5) is 18.5. The zero-order valence-corrected chi connectivity index (χ0v) is 15.3. The quantitative estimate of drug-likeness (QED) is 0.483. The molecule has 0 saturated carbocycles. The Morgan fingerprint density at radius 1 is 1.30 bits per heavy atom. The number of aromatic nitrogens is 5. The van der Waals surface area contributed by atoms with Gasteiger partial charge in [0.15, 0.2) is 0 Å². The van der Waals surface area contributed by atoms with Crippen molar-refractivity contribution in [2.24, 2.45) is 0 Å². The number of rotatable bonds is 5. The number of carbonyl (C=O) groups is 1. The van der Waals surface area contributed by atoms with Crippen LogP contribution in [0.15, 0.2) is 37.1 Å². The van der Waals surface area contributed by atoms with E-state index in [-0.39, 0.29) is 12.5 Å². The Balaban J connectivity index is 1.63. The average molecular weight is 383 g/mol. The maximum atomic E-state index is 12.7. The molecule has 0 aromatic carbocycles. The highest BCUT2D eigenvalue weighted by molar-refractivity contribution is 7.21. The van der Waals surface area contributed by atoms with E-state index in [1.165, 1.54) is 17.5 Å². The summed E-state index contributed by atoms with van der Waals surface area (Å²) in [5.74, 6) is -0.273. The van der Waals surface area contributed by atoms with E-state index in [4.69, 9.17) is 10.8 Å². The number of aryl methyl sites for hydroxylation is 1. The van der Waals surface area contributed by atoms with Crippen LogP contribution < -0.4 is 11.1 Å². The lowest BCUT2D eigenvalue weighted by Gasteiger charge is -2.07. The van der Waals surface area contributed by atoms with Crippen LogP contribution in [0.25, 0.3) is 15.3 Å². The van der Waals surface area contributed by atoms with Crippen molar-refractivity contribution in [2.75, 3.05) is 17.7 Å². The van der Waals surface area contributed by atoms with Crippen molar-refractivity contribution in [3.8, 4) is 10.4 Å². The summed E-state index contributed by atoms with van der Waals surface area (Å²) in [5.41, 5.74) is 8.86. The molecule has 0 aliphatic heterocycles. The highest BCUT2D eigenvalue weighted by atomic mass is 32.1. The lowest BCUT2D eigenvalue weighted by Crippen LogP contribution is -2.13. The van der Waals surface area contributed by atoms with Gasteiger partial charge in [-0.25, -0.2) is 4.52 Å². The maximum absolute atomic E-state index is 12.7. The zero-order valence-electron chi connectivity index (χ0n) is 14.5. The molecule has 4 aromatic heterocycles. The fourth-order valence-corrected chi connectivity index (χ4v) is 3.69. The number of nitrogen functional groups attached to an aromatic ring is 1. The number of thiazole rings is 1. The second-order valence-electron chi connectivity index (χ2n) is 5.97. The van der Waals surface area contributed by atoms with Crippen molar-refractivity contribution >= 4 is 33.4 Å². The van der Waals surface area contributed by atoms with E-state index in [9.17, 15) is 4.79 Å². The van der Waals surface area contributed by atoms with Crippen molar-refractivity contribution in [3.63, 3.8) is 0 Å². The van der Waals surface area contributed by atoms with Gasteiger partial charge in [0.2, 0.25) is 0 Å². The molecule has 0 bridgehead atoms. The molecule has 0 atom stereocenters. The van der Waals surface area contributed by atoms with Crippen molar-refractivity contribution in [1.29, 1.82) is 0 Å². The number of nitrogens with one attached hydrogen (secondary N) is 1. The summed E-state index contributed by atoms with van der Waals surface area (Å²) in [6.45, 7) is 2.26. The summed E-state index contributed by atoms with van der Waals surface area (Å²) in [6.07, 6.45) is 8.51. The van der Waals surface area contributed by atoms with Gasteiger partial charge in [-0.1, -0.05) is 0 Å². The van der Waals surface area contributed by atoms with Crippen LogP contribution in [-0.4, -0.2) is 42.0 Å². The number of carbonyl (C=O) groups excluding carboxylic acids is 1. The Kier molecular flexibility index (Phi) is 4.34. The van der Waals surface area contributed by atoms with Gasteiger partial charge < -0.3 is 16.2 Å². The number of fused-ring (bicyclic) bond motifs is 1. The van der Waals surface area contributed by atoms with Crippen molar-refractivity contribution in [2.45, 2.75) is 13.5 Å². The lowest BCUT2D eigenvalue weighted by molar-refractivity contribution is 0.102. The largest absolute Gasteiger partial charge is 0.397 e. The van der Waals surface area contributed by atoms with E-state index in [0.29, 0.717) is 29.2 Å². The van der Waals surface area contributed by atoms with Crippen molar-refractivity contribution in [1.82, 2.24) is 24.4 Å². The molecule has 1 amide bonds. The van der Waals surface area contributed by atoms with Crippen LogP contribution in [0.4, 0.5) is 11.4 Å².